The van der Waals surface area contributed by atoms with Crippen molar-refractivity contribution in [2.45, 2.75) is 53.1 Å². The quantitative estimate of drug-likeness (QED) is 0.896. The highest BCUT2D eigenvalue weighted by atomic mass is 16.2. The van der Waals surface area contributed by atoms with Crippen molar-refractivity contribution in [1.82, 2.24) is 4.90 Å². The number of carbonyl (C=O) groups excluding carboxylic acids is 1. The van der Waals surface area contributed by atoms with Crippen LogP contribution in [0.1, 0.15) is 46.1 Å². The van der Waals surface area contributed by atoms with Gasteiger partial charge >= 0.3 is 0 Å². The van der Waals surface area contributed by atoms with Crippen LogP contribution in [0.25, 0.3) is 0 Å². The number of rotatable bonds is 4. The van der Waals surface area contributed by atoms with Crippen LogP contribution in [0.15, 0.2) is 24.3 Å². The van der Waals surface area contributed by atoms with Crippen LogP contribution in [0.5, 0.6) is 0 Å². The standard InChI is InChI=1S/C19H31N3O/c1-14-9-11-22(12-10-14)13-15-5-7-16(8-6-15)21-18(23)17(20)19(2,3)4/h5-8,14,17H,9-13,20H2,1-4H3,(H,21,23)/t17-/m1/s1. The predicted octanol–water partition coefficient (Wildman–Crippen LogP) is 3.23. The monoisotopic (exact) mass is 317 g/mol. The number of hydrogen-bond donors (Lipinski definition) is 2. The number of piperidine rings is 1. The number of amides is 1. The number of hydrogen-bond acceptors (Lipinski definition) is 3. The van der Waals surface area contributed by atoms with Gasteiger partial charge in [-0.25, -0.2) is 0 Å². The molecular formula is C19H31N3O. The zero-order chi connectivity index (χ0) is 17.0. The van der Waals surface area contributed by atoms with Gasteiger partial charge in [0, 0.05) is 12.2 Å². The number of likely N-dealkylation sites (tertiary alicyclic amines) is 1. The molecule has 23 heavy (non-hydrogen) atoms. The summed E-state index contributed by atoms with van der Waals surface area (Å²) in [7, 11) is 0. The normalized spacial score (nSPS) is 18.7. The Kier molecular flexibility index (Phi) is 5.82. The van der Waals surface area contributed by atoms with E-state index in [2.05, 4.69) is 29.3 Å². The summed E-state index contributed by atoms with van der Waals surface area (Å²) in [5, 5.41) is 2.91. The molecule has 2 rings (SSSR count). The molecule has 1 fully saturated rings. The van der Waals surface area contributed by atoms with E-state index in [1.165, 1.54) is 31.5 Å². The Morgan fingerprint density at radius 3 is 2.35 bits per heavy atom. The van der Waals surface area contributed by atoms with Gasteiger partial charge in [-0.3, -0.25) is 9.69 Å². The summed E-state index contributed by atoms with van der Waals surface area (Å²) in [6.07, 6.45) is 2.58. The topological polar surface area (TPSA) is 58.4 Å². The molecule has 1 atom stereocenters. The highest BCUT2D eigenvalue weighted by Crippen LogP contribution is 2.21. The van der Waals surface area contributed by atoms with Crippen molar-refractivity contribution in [3.63, 3.8) is 0 Å². The summed E-state index contributed by atoms with van der Waals surface area (Å²) >= 11 is 0. The highest BCUT2D eigenvalue weighted by molar-refractivity contribution is 5.95. The Morgan fingerprint density at radius 2 is 1.83 bits per heavy atom. The molecule has 0 saturated carbocycles. The van der Waals surface area contributed by atoms with Crippen molar-refractivity contribution < 1.29 is 4.79 Å². The first-order chi connectivity index (χ1) is 10.8. The third-order valence-corrected chi connectivity index (χ3v) is 4.72. The molecule has 1 aliphatic rings. The molecule has 1 amide bonds. The minimum absolute atomic E-state index is 0.129. The summed E-state index contributed by atoms with van der Waals surface area (Å²) in [4.78, 5) is 14.7. The fourth-order valence-corrected chi connectivity index (χ4v) is 2.79. The summed E-state index contributed by atoms with van der Waals surface area (Å²) < 4.78 is 0. The second-order valence-electron chi connectivity index (χ2n) is 7.99. The molecule has 0 aliphatic carbocycles. The molecule has 0 aromatic heterocycles. The molecule has 128 valence electrons. The van der Waals surface area contributed by atoms with Gasteiger partial charge in [0.25, 0.3) is 0 Å². The van der Waals surface area contributed by atoms with Crippen LogP contribution < -0.4 is 11.1 Å². The number of nitrogens with one attached hydrogen (secondary N) is 1. The van der Waals surface area contributed by atoms with Crippen molar-refractivity contribution in [1.29, 1.82) is 0 Å². The molecule has 1 aromatic carbocycles. The van der Waals surface area contributed by atoms with E-state index < -0.39 is 6.04 Å². The van der Waals surface area contributed by atoms with E-state index in [9.17, 15) is 4.79 Å². The van der Waals surface area contributed by atoms with Crippen molar-refractivity contribution in [3.8, 4) is 0 Å². The largest absolute Gasteiger partial charge is 0.325 e. The molecule has 0 unspecified atom stereocenters. The van der Waals surface area contributed by atoms with Gasteiger partial charge in [0.05, 0.1) is 6.04 Å². The highest BCUT2D eigenvalue weighted by Gasteiger charge is 2.27. The second kappa shape index (κ2) is 7.45. The van der Waals surface area contributed by atoms with Gasteiger partial charge in [0.2, 0.25) is 5.91 Å². The lowest BCUT2D eigenvalue weighted by Gasteiger charge is -2.30. The summed E-state index contributed by atoms with van der Waals surface area (Å²) in [5.41, 5.74) is 7.85. The van der Waals surface area contributed by atoms with E-state index in [0.29, 0.717) is 0 Å². The number of nitrogens with two attached hydrogens (primary N) is 1. The summed E-state index contributed by atoms with van der Waals surface area (Å²) in [5.74, 6) is 0.728. The molecule has 0 spiro atoms. The molecular weight excluding hydrogens is 286 g/mol. The average Bonchev–Trinajstić information content (AvgIpc) is 2.50. The van der Waals surface area contributed by atoms with Gasteiger partial charge in [0.15, 0.2) is 0 Å². The Hall–Kier alpha value is -1.39. The number of anilines is 1. The molecule has 0 radical (unpaired) electrons. The third-order valence-electron chi connectivity index (χ3n) is 4.72. The number of carbonyl (C=O) groups is 1. The lowest BCUT2D eigenvalue weighted by molar-refractivity contribution is -0.119. The maximum atomic E-state index is 12.1. The van der Waals surface area contributed by atoms with E-state index in [4.69, 9.17) is 5.73 Å². The van der Waals surface area contributed by atoms with Crippen molar-refractivity contribution in [2.75, 3.05) is 18.4 Å². The Labute approximate surface area is 140 Å². The first-order valence-electron chi connectivity index (χ1n) is 8.63. The predicted molar refractivity (Wildman–Crippen MR) is 96.2 cm³/mol. The molecule has 4 heteroatoms. The third kappa shape index (κ3) is 5.33. The molecule has 0 bridgehead atoms. The smallest absolute Gasteiger partial charge is 0.241 e. The van der Waals surface area contributed by atoms with E-state index in [-0.39, 0.29) is 11.3 Å². The molecule has 4 nitrogen and oxygen atoms in total. The molecule has 1 saturated heterocycles. The van der Waals surface area contributed by atoms with Crippen LogP contribution in [-0.4, -0.2) is 29.9 Å². The van der Waals surface area contributed by atoms with Crippen LogP contribution in [0.2, 0.25) is 0 Å². The molecule has 1 aliphatic heterocycles. The average molecular weight is 317 g/mol. The van der Waals surface area contributed by atoms with E-state index in [1.807, 2.05) is 32.9 Å². The van der Waals surface area contributed by atoms with Crippen LogP contribution in [0.4, 0.5) is 5.69 Å². The van der Waals surface area contributed by atoms with Gasteiger partial charge in [-0.15, -0.1) is 0 Å². The number of nitrogens with zero attached hydrogens (tertiary/aromatic N) is 1. The van der Waals surface area contributed by atoms with E-state index >= 15 is 0 Å². The lowest BCUT2D eigenvalue weighted by Crippen LogP contribution is -2.45. The fraction of sp³-hybridized carbons (Fsp3) is 0.632. The SMILES string of the molecule is CC1CCN(Cc2ccc(NC(=O)[C@@H](N)C(C)(C)C)cc2)CC1. The van der Waals surface area contributed by atoms with E-state index in [1.54, 1.807) is 0 Å². The fourth-order valence-electron chi connectivity index (χ4n) is 2.79. The van der Waals surface area contributed by atoms with Crippen LogP contribution in [-0.2, 0) is 11.3 Å². The second-order valence-corrected chi connectivity index (χ2v) is 7.99. The molecule has 1 aromatic rings. The van der Waals surface area contributed by atoms with Gasteiger partial charge in [-0.2, -0.15) is 0 Å². The summed E-state index contributed by atoms with van der Waals surface area (Å²) in [6.45, 7) is 11.6. The van der Waals surface area contributed by atoms with Crippen molar-refractivity contribution in [2.24, 2.45) is 17.1 Å². The number of benzene rings is 1. The maximum Gasteiger partial charge on any atom is 0.241 e. The Bertz CT molecular complexity index is 510. The minimum atomic E-state index is -0.516. The van der Waals surface area contributed by atoms with Crippen LogP contribution >= 0.6 is 0 Å². The van der Waals surface area contributed by atoms with E-state index in [0.717, 1.165) is 18.2 Å². The van der Waals surface area contributed by atoms with Gasteiger partial charge < -0.3 is 11.1 Å². The van der Waals surface area contributed by atoms with Crippen molar-refractivity contribution >= 4 is 11.6 Å². The lowest BCUT2D eigenvalue weighted by atomic mass is 9.87. The van der Waals surface area contributed by atoms with Gasteiger partial charge in [-0.1, -0.05) is 39.8 Å². The van der Waals surface area contributed by atoms with Crippen LogP contribution in [0.3, 0.4) is 0 Å². The van der Waals surface area contributed by atoms with Gasteiger partial charge in [-0.05, 0) is 55.0 Å². The zero-order valence-corrected chi connectivity index (χ0v) is 14.9. The van der Waals surface area contributed by atoms with Crippen molar-refractivity contribution in [3.05, 3.63) is 29.8 Å². The Balaban J connectivity index is 1.88. The first kappa shape index (κ1) is 18.0. The first-order valence-corrected chi connectivity index (χ1v) is 8.63. The Morgan fingerprint density at radius 1 is 1.26 bits per heavy atom. The molecule has 3 N–H and O–H groups in total. The minimum Gasteiger partial charge on any atom is -0.325 e. The van der Waals surface area contributed by atoms with Crippen LogP contribution in [0, 0.1) is 11.3 Å². The maximum absolute atomic E-state index is 12.1. The zero-order valence-electron chi connectivity index (χ0n) is 14.9. The summed E-state index contributed by atoms with van der Waals surface area (Å²) in [6, 6.07) is 7.61. The molecule has 1 heterocycles. The van der Waals surface area contributed by atoms with Gasteiger partial charge in [0.1, 0.15) is 0 Å².